The fourth-order valence-corrected chi connectivity index (χ4v) is 3.96. The van der Waals surface area contributed by atoms with Crippen molar-refractivity contribution in [3.05, 3.63) is 88.8 Å². The van der Waals surface area contributed by atoms with Crippen molar-refractivity contribution in [1.29, 1.82) is 5.26 Å². The zero-order valence-electron chi connectivity index (χ0n) is 13.7. The summed E-state index contributed by atoms with van der Waals surface area (Å²) in [5, 5.41) is 9.17. The van der Waals surface area contributed by atoms with E-state index >= 15 is 0 Å². The van der Waals surface area contributed by atoms with E-state index in [9.17, 15) is 4.39 Å². The standard InChI is InChI=1S/C21H18FN3/c22-17-5-2-15(3-6-17)18-8-4-16-11-14(13-23)1-7-19(16)20(18)12-21-24-9-10-25-21/h1-3,5-7,9-11,18,20H,4,8,12H2,(H,24,25)/t18-,20-/m1/s1. The van der Waals surface area contributed by atoms with Gasteiger partial charge in [0.1, 0.15) is 11.6 Å². The van der Waals surface area contributed by atoms with Crippen LogP contribution in [0.5, 0.6) is 0 Å². The number of hydrogen-bond donors (Lipinski definition) is 1. The molecule has 2 atom stereocenters. The Morgan fingerprint density at radius 1 is 1.20 bits per heavy atom. The molecule has 1 N–H and O–H groups in total. The number of fused-ring (bicyclic) bond motifs is 1. The molecule has 1 aliphatic rings. The smallest absolute Gasteiger partial charge is 0.123 e. The maximum Gasteiger partial charge on any atom is 0.123 e. The zero-order valence-corrected chi connectivity index (χ0v) is 13.7. The molecule has 25 heavy (non-hydrogen) atoms. The number of nitriles is 1. The number of benzene rings is 2. The molecular weight excluding hydrogens is 313 g/mol. The third-order valence-corrected chi connectivity index (χ3v) is 5.15. The SMILES string of the molecule is N#Cc1ccc2c(c1)CC[C@H](c1ccc(F)cc1)[C@H]2Cc1ncc[nH]1. The Labute approximate surface area is 146 Å². The average Bonchev–Trinajstić information content (AvgIpc) is 3.15. The highest BCUT2D eigenvalue weighted by Crippen LogP contribution is 2.44. The summed E-state index contributed by atoms with van der Waals surface area (Å²) in [6.45, 7) is 0. The summed E-state index contributed by atoms with van der Waals surface area (Å²) in [4.78, 5) is 7.59. The summed E-state index contributed by atoms with van der Waals surface area (Å²) < 4.78 is 13.3. The number of nitrogens with one attached hydrogen (secondary N) is 1. The van der Waals surface area contributed by atoms with E-state index in [2.05, 4.69) is 22.1 Å². The number of hydrogen-bond acceptors (Lipinski definition) is 2. The number of aromatic amines is 1. The molecule has 0 bridgehead atoms. The maximum absolute atomic E-state index is 13.3. The van der Waals surface area contributed by atoms with Crippen LogP contribution in [0.15, 0.2) is 54.9 Å². The van der Waals surface area contributed by atoms with Crippen LogP contribution in [-0.2, 0) is 12.8 Å². The fourth-order valence-electron chi connectivity index (χ4n) is 3.96. The largest absolute Gasteiger partial charge is 0.349 e. The highest BCUT2D eigenvalue weighted by atomic mass is 19.1. The van der Waals surface area contributed by atoms with Gasteiger partial charge in [-0.1, -0.05) is 18.2 Å². The summed E-state index contributed by atoms with van der Waals surface area (Å²) in [6.07, 6.45) is 6.32. The number of imidazole rings is 1. The molecule has 1 aliphatic carbocycles. The van der Waals surface area contributed by atoms with E-state index in [-0.39, 0.29) is 11.7 Å². The van der Waals surface area contributed by atoms with Gasteiger partial charge in [-0.2, -0.15) is 5.26 Å². The fraction of sp³-hybridized carbons (Fsp3) is 0.238. The van der Waals surface area contributed by atoms with Gasteiger partial charge in [0.15, 0.2) is 0 Å². The first-order chi connectivity index (χ1) is 12.2. The Morgan fingerprint density at radius 2 is 2.04 bits per heavy atom. The van der Waals surface area contributed by atoms with Crippen LogP contribution in [0.4, 0.5) is 4.39 Å². The molecule has 1 aromatic heterocycles. The van der Waals surface area contributed by atoms with Crippen LogP contribution in [-0.4, -0.2) is 9.97 Å². The lowest BCUT2D eigenvalue weighted by atomic mass is 9.70. The Bertz CT molecular complexity index is 907. The quantitative estimate of drug-likeness (QED) is 0.769. The van der Waals surface area contributed by atoms with Gasteiger partial charge in [-0.25, -0.2) is 9.37 Å². The summed E-state index contributed by atoms with van der Waals surface area (Å²) in [7, 11) is 0. The lowest BCUT2D eigenvalue weighted by Gasteiger charge is -2.34. The third-order valence-electron chi connectivity index (χ3n) is 5.15. The molecule has 0 fully saturated rings. The molecule has 3 aromatic rings. The second-order valence-corrected chi connectivity index (χ2v) is 6.57. The molecule has 0 amide bonds. The summed E-state index contributed by atoms with van der Waals surface area (Å²) in [6, 6.07) is 15.1. The molecule has 0 saturated carbocycles. The maximum atomic E-state index is 13.3. The van der Waals surface area contributed by atoms with Gasteiger partial charge in [-0.15, -0.1) is 0 Å². The molecular formula is C21H18FN3. The average molecular weight is 331 g/mol. The first kappa shape index (κ1) is 15.6. The van der Waals surface area contributed by atoms with Crippen molar-refractivity contribution in [3.8, 4) is 6.07 Å². The van der Waals surface area contributed by atoms with Crippen molar-refractivity contribution in [3.63, 3.8) is 0 Å². The van der Waals surface area contributed by atoms with Crippen LogP contribution in [0.1, 0.15) is 46.3 Å². The molecule has 4 rings (SSSR count). The number of aromatic nitrogens is 2. The molecule has 0 aliphatic heterocycles. The second kappa shape index (κ2) is 6.52. The normalized spacial score (nSPS) is 19.2. The van der Waals surface area contributed by atoms with E-state index in [0.717, 1.165) is 30.7 Å². The van der Waals surface area contributed by atoms with Gasteiger partial charge in [0.25, 0.3) is 0 Å². The number of nitrogens with zero attached hydrogens (tertiary/aromatic N) is 2. The van der Waals surface area contributed by atoms with Crippen molar-refractivity contribution in [2.75, 3.05) is 0 Å². The van der Waals surface area contributed by atoms with Crippen molar-refractivity contribution in [2.24, 2.45) is 0 Å². The van der Waals surface area contributed by atoms with Crippen LogP contribution in [0.2, 0.25) is 0 Å². The topological polar surface area (TPSA) is 52.5 Å². The molecule has 0 spiro atoms. The predicted molar refractivity (Wildman–Crippen MR) is 93.7 cm³/mol. The third kappa shape index (κ3) is 3.06. The Kier molecular flexibility index (Phi) is 4.07. The first-order valence-electron chi connectivity index (χ1n) is 8.51. The van der Waals surface area contributed by atoms with Crippen molar-refractivity contribution in [1.82, 2.24) is 9.97 Å². The number of aryl methyl sites for hydroxylation is 1. The van der Waals surface area contributed by atoms with Crippen LogP contribution in [0.3, 0.4) is 0 Å². The van der Waals surface area contributed by atoms with Gasteiger partial charge in [0, 0.05) is 18.8 Å². The second-order valence-electron chi connectivity index (χ2n) is 6.57. The van der Waals surface area contributed by atoms with Crippen LogP contribution < -0.4 is 0 Å². The molecule has 3 nitrogen and oxygen atoms in total. The lowest BCUT2D eigenvalue weighted by molar-refractivity contribution is 0.464. The lowest BCUT2D eigenvalue weighted by Crippen LogP contribution is -2.22. The van der Waals surface area contributed by atoms with E-state index in [0.29, 0.717) is 11.5 Å². The predicted octanol–water partition coefficient (Wildman–Crippen LogP) is 4.48. The van der Waals surface area contributed by atoms with Crippen LogP contribution in [0, 0.1) is 17.1 Å². The van der Waals surface area contributed by atoms with E-state index in [1.165, 1.54) is 23.3 Å². The molecule has 0 saturated heterocycles. The van der Waals surface area contributed by atoms with E-state index < -0.39 is 0 Å². The zero-order chi connectivity index (χ0) is 17.2. The van der Waals surface area contributed by atoms with Crippen molar-refractivity contribution in [2.45, 2.75) is 31.1 Å². The van der Waals surface area contributed by atoms with E-state index in [1.807, 2.05) is 30.5 Å². The minimum atomic E-state index is -0.207. The van der Waals surface area contributed by atoms with Gasteiger partial charge >= 0.3 is 0 Å². The number of rotatable bonds is 3. The Hall–Kier alpha value is -2.93. The summed E-state index contributed by atoms with van der Waals surface area (Å²) in [5.74, 6) is 1.31. The Morgan fingerprint density at radius 3 is 2.76 bits per heavy atom. The molecule has 1 heterocycles. The monoisotopic (exact) mass is 331 g/mol. The van der Waals surface area contributed by atoms with E-state index in [4.69, 9.17) is 5.26 Å². The number of halogens is 1. The molecule has 0 unspecified atom stereocenters. The molecule has 124 valence electrons. The van der Waals surface area contributed by atoms with Crippen molar-refractivity contribution >= 4 is 0 Å². The van der Waals surface area contributed by atoms with Gasteiger partial charge < -0.3 is 4.98 Å². The minimum Gasteiger partial charge on any atom is -0.349 e. The highest BCUT2D eigenvalue weighted by molar-refractivity contribution is 5.44. The van der Waals surface area contributed by atoms with Crippen LogP contribution in [0.25, 0.3) is 0 Å². The molecule has 2 aromatic carbocycles. The molecule has 4 heteroatoms. The first-order valence-corrected chi connectivity index (χ1v) is 8.51. The van der Waals surface area contributed by atoms with Gasteiger partial charge in [-0.3, -0.25) is 0 Å². The van der Waals surface area contributed by atoms with E-state index in [1.54, 1.807) is 6.20 Å². The van der Waals surface area contributed by atoms with Crippen molar-refractivity contribution < 1.29 is 4.39 Å². The Balaban J connectivity index is 1.75. The molecule has 0 radical (unpaired) electrons. The van der Waals surface area contributed by atoms with Gasteiger partial charge in [0.2, 0.25) is 0 Å². The van der Waals surface area contributed by atoms with Gasteiger partial charge in [-0.05, 0) is 65.6 Å². The summed E-state index contributed by atoms with van der Waals surface area (Å²) >= 11 is 0. The minimum absolute atomic E-state index is 0.207. The number of H-pyrrole nitrogens is 1. The highest BCUT2D eigenvalue weighted by Gasteiger charge is 2.31. The van der Waals surface area contributed by atoms with Crippen LogP contribution >= 0.6 is 0 Å². The summed E-state index contributed by atoms with van der Waals surface area (Å²) in [5.41, 5.74) is 4.38. The van der Waals surface area contributed by atoms with Gasteiger partial charge in [0.05, 0.1) is 11.6 Å².